The lowest BCUT2D eigenvalue weighted by atomic mass is 10.1. The maximum atomic E-state index is 12.7. The van der Waals surface area contributed by atoms with Crippen LogP contribution >= 0.6 is 24.0 Å². The van der Waals surface area contributed by atoms with Gasteiger partial charge in [0.15, 0.2) is 4.32 Å². The first-order chi connectivity index (χ1) is 10.5. The number of thioether (sulfide) groups is 1. The van der Waals surface area contributed by atoms with Gasteiger partial charge in [-0.05, 0) is 55.3 Å². The monoisotopic (exact) mass is 326 g/mol. The summed E-state index contributed by atoms with van der Waals surface area (Å²) in [5.41, 5.74) is 3.79. The number of amides is 1. The van der Waals surface area contributed by atoms with E-state index in [2.05, 4.69) is 11.1 Å². The van der Waals surface area contributed by atoms with Gasteiger partial charge in [0.1, 0.15) is 0 Å². The summed E-state index contributed by atoms with van der Waals surface area (Å²) in [6.45, 7) is 4.02. The van der Waals surface area contributed by atoms with E-state index in [0.29, 0.717) is 9.23 Å². The molecule has 5 heteroatoms. The Morgan fingerprint density at radius 2 is 1.91 bits per heavy atom. The van der Waals surface area contributed by atoms with Crippen molar-refractivity contribution in [1.29, 1.82) is 0 Å². The predicted octanol–water partition coefficient (Wildman–Crippen LogP) is 4.10. The number of nitrogens with zero attached hydrogens (tertiary/aromatic N) is 2. The van der Waals surface area contributed by atoms with Gasteiger partial charge in [-0.2, -0.15) is 0 Å². The summed E-state index contributed by atoms with van der Waals surface area (Å²) in [6, 6.07) is 11.6. The van der Waals surface area contributed by atoms with Gasteiger partial charge in [-0.1, -0.05) is 36.1 Å². The van der Waals surface area contributed by atoms with E-state index < -0.39 is 0 Å². The van der Waals surface area contributed by atoms with Gasteiger partial charge in [-0.15, -0.1) is 0 Å². The number of pyridine rings is 1. The highest BCUT2D eigenvalue weighted by Gasteiger charge is 2.33. The molecule has 0 unspecified atom stereocenters. The second-order valence-corrected chi connectivity index (χ2v) is 6.79. The lowest BCUT2D eigenvalue weighted by molar-refractivity contribution is -0.113. The van der Waals surface area contributed by atoms with Gasteiger partial charge >= 0.3 is 0 Å². The highest BCUT2D eigenvalue weighted by molar-refractivity contribution is 8.27. The summed E-state index contributed by atoms with van der Waals surface area (Å²) in [7, 11) is 0. The van der Waals surface area contributed by atoms with E-state index in [1.165, 1.54) is 11.8 Å². The number of thiocarbonyl (C=S) groups is 1. The number of carbonyl (C=O) groups excluding carboxylic acids is 1. The standard InChI is InChI=1S/C17H14N2OS2/c1-11-7-12(2)9-14(8-11)19-16(20)15(22-17(19)21)10-13-5-3-4-6-18-13/h3-10H,1-2H3/b15-10+. The summed E-state index contributed by atoms with van der Waals surface area (Å²) < 4.78 is 0.553. The number of carbonyl (C=O) groups is 1. The first kappa shape index (κ1) is 14.9. The average Bonchev–Trinajstić information content (AvgIpc) is 2.73. The fourth-order valence-electron chi connectivity index (χ4n) is 2.37. The van der Waals surface area contributed by atoms with Gasteiger partial charge in [0.25, 0.3) is 5.91 Å². The lowest BCUT2D eigenvalue weighted by Gasteiger charge is -2.16. The van der Waals surface area contributed by atoms with Crippen LogP contribution in [0.1, 0.15) is 16.8 Å². The molecule has 22 heavy (non-hydrogen) atoms. The summed E-state index contributed by atoms with van der Waals surface area (Å²) in [6.07, 6.45) is 3.48. The van der Waals surface area contributed by atoms with E-state index in [4.69, 9.17) is 12.2 Å². The Bertz CT molecular complexity index is 764. The molecule has 0 atom stereocenters. The Morgan fingerprint density at radius 3 is 2.55 bits per heavy atom. The van der Waals surface area contributed by atoms with Crippen LogP contribution in [0.2, 0.25) is 0 Å². The summed E-state index contributed by atoms with van der Waals surface area (Å²) in [5.74, 6) is -0.0920. The van der Waals surface area contributed by atoms with Crippen LogP contribution in [0.25, 0.3) is 6.08 Å². The predicted molar refractivity (Wildman–Crippen MR) is 95.8 cm³/mol. The smallest absolute Gasteiger partial charge is 0.268 e. The Balaban J connectivity index is 1.97. The number of aromatic nitrogens is 1. The average molecular weight is 326 g/mol. The molecule has 3 rings (SSSR count). The molecule has 0 aliphatic carbocycles. The molecule has 0 spiro atoms. The van der Waals surface area contributed by atoms with Gasteiger partial charge in [-0.3, -0.25) is 14.7 Å². The highest BCUT2D eigenvalue weighted by atomic mass is 32.2. The van der Waals surface area contributed by atoms with Crippen LogP contribution in [0, 0.1) is 13.8 Å². The molecule has 0 N–H and O–H groups in total. The Labute approximate surface area is 139 Å². The van der Waals surface area contributed by atoms with Crippen LogP contribution in [0.15, 0.2) is 47.5 Å². The third-order valence-corrected chi connectivity index (χ3v) is 4.53. The molecule has 1 amide bonds. The van der Waals surface area contributed by atoms with Crippen molar-refractivity contribution >= 4 is 46.0 Å². The zero-order chi connectivity index (χ0) is 15.7. The number of benzene rings is 1. The quantitative estimate of drug-likeness (QED) is 0.614. The van der Waals surface area contributed by atoms with E-state index in [1.54, 1.807) is 17.2 Å². The zero-order valence-electron chi connectivity index (χ0n) is 12.2. The van der Waals surface area contributed by atoms with Crippen LogP contribution in [0.4, 0.5) is 5.69 Å². The second-order valence-electron chi connectivity index (χ2n) is 5.12. The first-order valence-corrected chi connectivity index (χ1v) is 8.04. The minimum Gasteiger partial charge on any atom is -0.268 e. The molecule has 1 saturated heterocycles. The molecule has 1 aromatic heterocycles. The van der Waals surface area contributed by atoms with Crippen molar-refractivity contribution in [3.63, 3.8) is 0 Å². The number of hydrogen-bond acceptors (Lipinski definition) is 4. The SMILES string of the molecule is Cc1cc(C)cc(N2C(=O)/C(=C\c3ccccn3)SC2=S)c1. The normalized spacial score (nSPS) is 16.6. The van der Waals surface area contributed by atoms with Crippen LogP contribution in [-0.2, 0) is 4.79 Å². The minimum absolute atomic E-state index is 0.0920. The van der Waals surface area contributed by atoms with Crippen LogP contribution in [0.3, 0.4) is 0 Å². The van der Waals surface area contributed by atoms with E-state index in [1.807, 2.05) is 44.2 Å². The Hall–Kier alpha value is -1.98. The minimum atomic E-state index is -0.0920. The maximum absolute atomic E-state index is 12.7. The van der Waals surface area contributed by atoms with Crippen molar-refractivity contribution < 1.29 is 4.79 Å². The van der Waals surface area contributed by atoms with Crippen LogP contribution in [-0.4, -0.2) is 15.2 Å². The third kappa shape index (κ3) is 2.96. The molecule has 1 aromatic carbocycles. The zero-order valence-corrected chi connectivity index (χ0v) is 13.9. The second kappa shape index (κ2) is 6.02. The molecular formula is C17H14N2OS2. The number of rotatable bonds is 2. The van der Waals surface area contributed by atoms with Crippen molar-refractivity contribution in [2.45, 2.75) is 13.8 Å². The largest absolute Gasteiger partial charge is 0.270 e. The molecule has 1 aliphatic rings. The van der Waals surface area contributed by atoms with Gasteiger partial charge in [0.05, 0.1) is 16.3 Å². The number of aryl methyl sites for hydroxylation is 2. The van der Waals surface area contributed by atoms with Crippen molar-refractivity contribution in [2.75, 3.05) is 4.90 Å². The highest BCUT2D eigenvalue weighted by Crippen LogP contribution is 2.36. The first-order valence-electron chi connectivity index (χ1n) is 6.82. The van der Waals surface area contributed by atoms with Gasteiger partial charge in [-0.25, -0.2) is 0 Å². The topological polar surface area (TPSA) is 33.2 Å². The fraction of sp³-hybridized carbons (Fsp3) is 0.118. The van der Waals surface area contributed by atoms with Crippen LogP contribution < -0.4 is 4.90 Å². The molecular weight excluding hydrogens is 312 g/mol. The van der Waals surface area contributed by atoms with Crippen molar-refractivity contribution in [3.05, 3.63) is 64.3 Å². The number of anilines is 1. The Kier molecular flexibility index (Phi) is 4.09. The van der Waals surface area contributed by atoms with E-state index in [0.717, 1.165) is 22.5 Å². The Morgan fingerprint density at radius 1 is 1.18 bits per heavy atom. The molecule has 0 saturated carbocycles. The molecule has 1 aliphatic heterocycles. The van der Waals surface area contributed by atoms with Gasteiger partial charge in [0.2, 0.25) is 0 Å². The van der Waals surface area contributed by atoms with E-state index in [-0.39, 0.29) is 5.91 Å². The molecule has 1 fully saturated rings. The van der Waals surface area contributed by atoms with Crippen molar-refractivity contribution in [1.82, 2.24) is 4.98 Å². The van der Waals surface area contributed by atoms with Crippen molar-refractivity contribution in [2.24, 2.45) is 0 Å². The van der Waals surface area contributed by atoms with E-state index in [9.17, 15) is 4.79 Å². The van der Waals surface area contributed by atoms with Crippen LogP contribution in [0.5, 0.6) is 0 Å². The lowest BCUT2D eigenvalue weighted by Crippen LogP contribution is -2.27. The van der Waals surface area contributed by atoms with Crippen molar-refractivity contribution in [3.8, 4) is 0 Å². The molecule has 0 bridgehead atoms. The number of hydrogen-bond donors (Lipinski definition) is 0. The maximum Gasteiger partial charge on any atom is 0.270 e. The third-order valence-electron chi connectivity index (χ3n) is 3.23. The molecule has 2 heterocycles. The summed E-state index contributed by atoms with van der Waals surface area (Å²) in [4.78, 5) is 19.1. The summed E-state index contributed by atoms with van der Waals surface area (Å²) in [5, 5.41) is 0. The molecule has 0 radical (unpaired) electrons. The van der Waals surface area contributed by atoms with Gasteiger partial charge < -0.3 is 0 Å². The molecule has 2 aromatic rings. The fourth-order valence-corrected chi connectivity index (χ4v) is 3.65. The summed E-state index contributed by atoms with van der Waals surface area (Å²) >= 11 is 6.70. The van der Waals surface area contributed by atoms with Gasteiger partial charge in [0, 0.05) is 6.20 Å². The van der Waals surface area contributed by atoms with E-state index >= 15 is 0 Å². The molecule has 110 valence electrons. The molecule has 3 nitrogen and oxygen atoms in total.